The molecule has 0 heterocycles. The number of hydrogen-bond acceptors (Lipinski definition) is 2. The van der Waals surface area contributed by atoms with E-state index in [1.54, 1.807) is 0 Å². The number of aliphatic hydroxyl groups excluding tert-OH is 1. The number of allylic oxidation sites excluding steroid dienone is 1. The fourth-order valence-electron chi connectivity index (χ4n) is 1.83. The highest BCUT2D eigenvalue weighted by Crippen LogP contribution is 2.19. The smallest absolute Gasteiger partial charge is 0.224 e. The molecule has 0 aromatic rings. The number of rotatable bonds is 5. The van der Waals surface area contributed by atoms with Crippen LogP contribution in [0, 0.1) is 0 Å². The third-order valence-electron chi connectivity index (χ3n) is 2.85. The molecule has 0 aliphatic heterocycles. The maximum atomic E-state index is 11.6. The van der Waals surface area contributed by atoms with Gasteiger partial charge < -0.3 is 10.4 Å². The molecule has 0 bridgehead atoms. The lowest BCUT2D eigenvalue weighted by atomic mass is 9.97. The normalized spacial score (nSPS) is 18.1. The highest BCUT2D eigenvalue weighted by atomic mass is 16.3. The monoisotopic (exact) mass is 211 g/mol. The third-order valence-corrected chi connectivity index (χ3v) is 2.85. The molecule has 0 radical (unpaired) electrons. The second-order valence-corrected chi connectivity index (χ2v) is 4.14. The summed E-state index contributed by atoms with van der Waals surface area (Å²) in [5.41, 5.74) is 1.26. The van der Waals surface area contributed by atoms with E-state index < -0.39 is 0 Å². The molecule has 0 unspecified atom stereocenters. The van der Waals surface area contributed by atoms with Crippen molar-refractivity contribution in [3.05, 3.63) is 11.6 Å². The lowest BCUT2D eigenvalue weighted by Crippen LogP contribution is -2.37. The van der Waals surface area contributed by atoms with Crippen molar-refractivity contribution in [2.24, 2.45) is 0 Å². The van der Waals surface area contributed by atoms with Crippen LogP contribution in [-0.4, -0.2) is 23.7 Å². The van der Waals surface area contributed by atoms with Crippen molar-refractivity contribution < 1.29 is 9.90 Å². The summed E-state index contributed by atoms with van der Waals surface area (Å²) in [6.07, 6.45) is 8.10. The van der Waals surface area contributed by atoms with Gasteiger partial charge in [-0.1, -0.05) is 18.6 Å². The summed E-state index contributed by atoms with van der Waals surface area (Å²) < 4.78 is 0. The summed E-state index contributed by atoms with van der Waals surface area (Å²) >= 11 is 0. The summed E-state index contributed by atoms with van der Waals surface area (Å²) in [7, 11) is 0. The van der Waals surface area contributed by atoms with E-state index >= 15 is 0 Å². The van der Waals surface area contributed by atoms with Crippen molar-refractivity contribution in [2.45, 2.75) is 51.5 Å². The number of aliphatic hydroxyl groups is 1. The van der Waals surface area contributed by atoms with Gasteiger partial charge in [0.2, 0.25) is 5.91 Å². The molecule has 1 aliphatic carbocycles. The molecule has 0 saturated carbocycles. The Bertz CT molecular complexity index is 232. The fourth-order valence-corrected chi connectivity index (χ4v) is 1.83. The SMILES string of the molecule is CC[C@H](CO)NC(=O)CC1=CCCCC1. The van der Waals surface area contributed by atoms with Crippen molar-refractivity contribution in [2.75, 3.05) is 6.61 Å². The van der Waals surface area contributed by atoms with Gasteiger partial charge in [-0.05, 0) is 32.1 Å². The Labute approximate surface area is 91.6 Å². The second kappa shape index (κ2) is 6.62. The van der Waals surface area contributed by atoms with Crippen LogP contribution in [0.25, 0.3) is 0 Å². The van der Waals surface area contributed by atoms with Gasteiger partial charge >= 0.3 is 0 Å². The van der Waals surface area contributed by atoms with Crippen molar-refractivity contribution in [3.63, 3.8) is 0 Å². The number of carbonyl (C=O) groups is 1. The minimum Gasteiger partial charge on any atom is -0.394 e. The minimum absolute atomic E-state index is 0.0291. The minimum atomic E-state index is -0.0818. The first-order valence-corrected chi connectivity index (χ1v) is 5.84. The molecule has 0 aromatic carbocycles. The molecule has 1 rings (SSSR count). The number of carbonyl (C=O) groups excluding carboxylic acids is 1. The molecule has 1 atom stereocenters. The molecule has 0 spiro atoms. The van der Waals surface area contributed by atoms with E-state index in [1.807, 2.05) is 6.92 Å². The quantitative estimate of drug-likeness (QED) is 0.681. The second-order valence-electron chi connectivity index (χ2n) is 4.14. The first kappa shape index (κ1) is 12.2. The standard InChI is InChI=1S/C12H21NO2/c1-2-11(9-14)13-12(15)8-10-6-4-3-5-7-10/h6,11,14H,2-5,7-9H2,1H3,(H,13,15)/t11-/m1/s1. The van der Waals surface area contributed by atoms with Crippen LogP contribution in [0.5, 0.6) is 0 Å². The van der Waals surface area contributed by atoms with Crippen molar-refractivity contribution in [1.29, 1.82) is 0 Å². The van der Waals surface area contributed by atoms with E-state index in [1.165, 1.54) is 18.4 Å². The topological polar surface area (TPSA) is 49.3 Å². The molecule has 3 heteroatoms. The van der Waals surface area contributed by atoms with E-state index in [9.17, 15) is 4.79 Å². The zero-order chi connectivity index (χ0) is 11.1. The van der Waals surface area contributed by atoms with E-state index in [0.717, 1.165) is 19.3 Å². The molecule has 0 aromatic heterocycles. The highest BCUT2D eigenvalue weighted by Gasteiger charge is 2.12. The van der Waals surface area contributed by atoms with Gasteiger partial charge in [-0.15, -0.1) is 0 Å². The lowest BCUT2D eigenvalue weighted by Gasteiger charge is -2.16. The Morgan fingerprint density at radius 3 is 2.93 bits per heavy atom. The summed E-state index contributed by atoms with van der Waals surface area (Å²) in [6.45, 7) is 1.99. The van der Waals surface area contributed by atoms with Crippen LogP contribution in [0.2, 0.25) is 0 Å². The van der Waals surface area contributed by atoms with Gasteiger partial charge in [0.15, 0.2) is 0 Å². The van der Waals surface area contributed by atoms with Crippen LogP contribution in [0.3, 0.4) is 0 Å². The molecular weight excluding hydrogens is 190 g/mol. The summed E-state index contributed by atoms with van der Waals surface area (Å²) in [6, 6.07) is -0.0818. The molecule has 1 aliphatic rings. The lowest BCUT2D eigenvalue weighted by molar-refractivity contribution is -0.121. The first-order valence-electron chi connectivity index (χ1n) is 5.84. The zero-order valence-corrected chi connectivity index (χ0v) is 9.46. The molecule has 0 saturated heterocycles. The Morgan fingerprint density at radius 1 is 1.60 bits per heavy atom. The van der Waals surface area contributed by atoms with Gasteiger partial charge in [-0.25, -0.2) is 0 Å². The average Bonchev–Trinajstić information content (AvgIpc) is 2.27. The summed E-state index contributed by atoms with van der Waals surface area (Å²) in [5.74, 6) is 0.0454. The molecule has 3 nitrogen and oxygen atoms in total. The Hall–Kier alpha value is -0.830. The Morgan fingerprint density at radius 2 is 2.40 bits per heavy atom. The van der Waals surface area contributed by atoms with Crippen molar-refractivity contribution >= 4 is 5.91 Å². The predicted octanol–water partition coefficient (Wildman–Crippen LogP) is 1.76. The van der Waals surface area contributed by atoms with Crippen molar-refractivity contribution in [3.8, 4) is 0 Å². The van der Waals surface area contributed by atoms with Gasteiger partial charge in [0, 0.05) is 6.42 Å². The molecule has 1 amide bonds. The first-order chi connectivity index (χ1) is 7.26. The van der Waals surface area contributed by atoms with Crippen LogP contribution < -0.4 is 5.32 Å². The summed E-state index contributed by atoms with van der Waals surface area (Å²) in [4.78, 5) is 11.6. The van der Waals surface area contributed by atoms with E-state index in [2.05, 4.69) is 11.4 Å². The Balaban J connectivity index is 2.31. The predicted molar refractivity (Wildman–Crippen MR) is 60.5 cm³/mol. The largest absolute Gasteiger partial charge is 0.394 e. The molecule has 86 valence electrons. The van der Waals surface area contributed by atoms with Crippen molar-refractivity contribution in [1.82, 2.24) is 5.32 Å². The van der Waals surface area contributed by atoms with Crippen LogP contribution in [0.4, 0.5) is 0 Å². The maximum Gasteiger partial charge on any atom is 0.224 e. The molecule has 15 heavy (non-hydrogen) atoms. The maximum absolute atomic E-state index is 11.6. The fraction of sp³-hybridized carbons (Fsp3) is 0.750. The van der Waals surface area contributed by atoms with Gasteiger partial charge in [-0.3, -0.25) is 4.79 Å². The van der Waals surface area contributed by atoms with Crippen LogP contribution in [0.1, 0.15) is 45.4 Å². The number of hydrogen-bond donors (Lipinski definition) is 2. The van der Waals surface area contributed by atoms with E-state index in [4.69, 9.17) is 5.11 Å². The Kier molecular flexibility index (Phi) is 5.40. The van der Waals surface area contributed by atoms with Crippen LogP contribution >= 0.6 is 0 Å². The van der Waals surface area contributed by atoms with E-state index in [0.29, 0.717) is 6.42 Å². The van der Waals surface area contributed by atoms with Gasteiger partial charge in [0.1, 0.15) is 0 Å². The van der Waals surface area contributed by atoms with Crippen LogP contribution in [-0.2, 0) is 4.79 Å². The third kappa shape index (κ3) is 4.47. The molecular formula is C12H21NO2. The van der Waals surface area contributed by atoms with E-state index in [-0.39, 0.29) is 18.6 Å². The molecule has 2 N–H and O–H groups in total. The van der Waals surface area contributed by atoms with Gasteiger partial charge in [-0.2, -0.15) is 0 Å². The van der Waals surface area contributed by atoms with Crippen LogP contribution in [0.15, 0.2) is 11.6 Å². The summed E-state index contributed by atoms with van der Waals surface area (Å²) in [5, 5.41) is 11.8. The van der Waals surface area contributed by atoms with Gasteiger partial charge in [0.05, 0.1) is 12.6 Å². The number of amides is 1. The number of nitrogens with one attached hydrogen (secondary N) is 1. The highest BCUT2D eigenvalue weighted by molar-refractivity contribution is 5.78. The average molecular weight is 211 g/mol. The van der Waals surface area contributed by atoms with Gasteiger partial charge in [0.25, 0.3) is 0 Å². The zero-order valence-electron chi connectivity index (χ0n) is 9.46. The molecule has 0 fully saturated rings.